The summed E-state index contributed by atoms with van der Waals surface area (Å²) < 4.78 is 6.22. The summed E-state index contributed by atoms with van der Waals surface area (Å²) in [6.45, 7) is 1.27. The summed E-state index contributed by atoms with van der Waals surface area (Å²) >= 11 is 0. The van der Waals surface area contributed by atoms with Crippen molar-refractivity contribution in [1.82, 2.24) is 9.55 Å². The van der Waals surface area contributed by atoms with E-state index in [1.807, 2.05) is 0 Å². The number of aryl methyl sites for hydroxylation is 1. The summed E-state index contributed by atoms with van der Waals surface area (Å²) in [5, 5.41) is 18.5. The lowest BCUT2D eigenvalue weighted by molar-refractivity contribution is 0.100. The van der Waals surface area contributed by atoms with E-state index < -0.39 is 17.4 Å². The van der Waals surface area contributed by atoms with Gasteiger partial charge in [-0.3, -0.25) is 9.78 Å². The van der Waals surface area contributed by atoms with Crippen molar-refractivity contribution in [2.45, 2.75) is 19.4 Å². The molecule has 0 saturated heterocycles. The highest BCUT2D eigenvalue weighted by atomic mass is 16.5. The third kappa shape index (κ3) is 1.96. The van der Waals surface area contributed by atoms with Crippen LogP contribution in [0.5, 0.6) is 0 Å². The fraction of sp³-hybridized carbons (Fsp3) is 0.400. The second-order valence-corrected chi connectivity index (χ2v) is 3.82. The summed E-state index contributed by atoms with van der Waals surface area (Å²) in [5.41, 5.74) is -0.857. The highest BCUT2D eigenvalue weighted by molar-refractivity contribution is 5.43. The fourth-order valence-corrected chi connectivity index (χ4v) is 1.59. The van der Waals surface area contributed by atoms with Crippen LogP contribution < -0.4 is 11.2 Å². The molecule has 0 amide bonds. The molecule has 0 aliphatic carbocycles. The number of aromatic amines is 1. The quantitative estimate of drug-likeness (QED) is 0.634. The lowest BCUT2D eigenvalue weighted by Gasteiger charge is -2.10. The van der Waals surface area contributed by atoms with Gasteiger partial charge < -0.3 is 14.9 Å². The van der Waals surface area contributed by atoms with E-state index in [0.717, 1.165) is 4.57 Å². The zero-order valence-corrected chi connectivity index (χ0v) is 9.14. The van der Waals surface area contributed by atoms with Gasteiger partial charge in [-0.2, -0.15) is 0 Å². The number of nitrogens with one attached hydrogen (secondary N) is 1. The second kappa shape index (κ2) is 4.10. The van der Waals surface area contributed by atoms with E-state index in [1.54, 1.807) is 0 Å². The SMILES string of the molecule is Cc1cn(C2=C(O)C[C@@H](CO)O2)c(=O)[nH]c1=O. The molecule has 2 heterocycles. The van der Waals surface area contributed by atoms with Gasteiger partial charge in [-0.05, 0) is 6.92 Å². The molecule has 0 spiro atoms. The molecule has 1 atom stereocenters. The molecule has 1 aliphatic rings. The Bertz CT molecular complexity index is 583. The first-order valence-electron chi connectivity index (χ1n) is 5.05. The topological polar surface area (TPSA) is 105 Å². The van der Waals surface area contributed by atoms with Crippen molar-refractivity contribution in [2.24, 2.45) is 0 Å². The standard InChI is InChI=1S/C10H12N2O5/c1-5-3-12(10(16)11-8(5)15)9-7(14)2-6(4-13)17-9/h3,6,13-14H,2,4H2,1H3,(H,11,15,16)/t6-/m0/s1. The molecule has 0 radical (unpaired) electrons. The van der Waals surface area contributed by atoms with Crippen molar-refractivity contribution < 1.29 is 14.9 Å². The minimum Gasteiger partial charge on any atom is -0.507 e. The first kappa shape index (κ1) is 11.5. The molecule has 1 aliphatic heterocycles. The van der Waals surface area contributed by atoms with Crippen molar-refractivity contribution >= 4 is 5.88 Å². The normalized spacial score (nSPS) is 19.5. The van der Waals surface area contributed by atoms with E-state index in [2.05, 4.69) is 4.98 Å². The van der Waals surface area contributed by atoms with E-state index in [-0.39, 0.29) is 24.7 Å². The number of aliphatic hydroxyl groups is 2. The Hall–Kier alpha value is -2.02. The number of hydrogen-bond acceptors (Lipinski definition) is 5. The van der Waals surface area contributed by atoms with E-state index >= 15 is 0 Å². The van der Waals surface area contributed by atoms with Crippen LogP contribution in [0.25, 0.3) is 5.88 Å². The maximum Gasteiger partial charge on any atom is 0.335 e. The second-order valence-electron chi connectivity index (χ2n) is 3.82. The fourth-order valence-electron chi connectivity index (χ4n) is 1.59. The number of ether oxygens (including phenoxy) is 1. The van der Waals surface area contributed by atoms with Crippen LogP contribution in [-0.4, -0.2) is 32.5 Å². The summed E-state index contributed by atoms with van der Waals surface area (Å²) in [7, 11) is 0. The largest absolute Gasteiger partial charge is 0.507 e. The molecule has 2 rings (SSSR count). The molecule has 0 fully saturated rings. The molecule has 7 nitrogen and oxygen atoms in total. The van der Waals surface area contributed by atoms with Crippen LogP contribution in [0.15, 0.2) is 21.5 Å². The molecule has 0 saturated carbocycles. The van der Waals surface area contributed by atoms with Gasteiger partial charge in [0.05, 0.1) is 6.61 Å². The zero-order chi connectivity index (χ0) is 12.6. The van der Waals surface area contributed by atoms with E-state index in [1.165, 1.54) is 13.1 Å². The Labute approximate surface area is 95.6 Å². The van der Waals surface area contributed by atoms with Gasteiger partial charge in [0.2, 0.25) is 5.88 Å². The van der Waals surface area contributed by atoms with Gasteiger partial charge in [-0.15, -0.1) is 0 Å². The van der Waals surface area contributed by atoms with Crippen LogP contribution >= 0.6 is 0 Å². The number of aliphatic hydroxyl groups excluding tert-OH is 2. The number of hydrogen-bond donors (Lipinski definition) is 3. The molecule has 17 heavy (non-hydrogen) atoms. The van der Waals surface area contributed by atoms with Crippen LogP contribution in [0.1, 0.15) is 12.0 Å². The Balaban J connectivity index is 2.49. The maximum absolute atomic E-state index is 11.5. The highest BCUT2D eigenvalue weighted by Crippen LogP contribution is 2.25. The van der Waals surface area contributed by atoms with E-state index in [4.69, 9.17) is 9.84 Å². The Morgan fingerprint density at radius 1 is 1.59 bits per heavy atom. The summed E-state index contributed by atoms with van der Waals surface area (Å²) in [6.07, 6.45) is 0.854. The van der Waals surface area contributed by atoms with Crippen LogP contribution in [0.3, 0.4) is 0 Å². The molecule has 0 bridgehead atoms. The molecule has 92 valence electrons. The minimum atomic E-state index is -0.694. The predicted octanol–water partition coefficient (Wildman–Crippen LogP) is -0.690. The van der Waals surface area contributed by atoms with Crippen LogP contribution in [0, 0.1) is 6.92 Å². The van der Waals surface area contributed by atoms with Crippen LogP contribution in [0.4, 0.5) is 0 Å². The first-order valence-corrected chi connectivity index (χ1v) is 5.05. The number of rotatable bonds is 2. The highest BCUT2D eigenvalue weighted by Gasteiger charge is 2.27. The summed E-state index contributed by atoms with van der Waals surface area (Å²) in [5.74, 6) is -0.175. The van der Waals surface area contributed by atoms with Crippen LogP contribution in [0.2, 0.25) is 0 Å². The van der Waals surface area contributed by atoms with Crippen molar-refractivity contribution in [1.29, 1.82) is 0 Å². The number of nitrogens with zero attached hydrogens (tertiary/aromatic N) is 1. The lowest BCUT2D eigenvalue weighted by Crippen LogP contribution is -2.31. The molecule has 1 aromatic rings. The lowest BCUT2D eigenvalue weighted by atomic mass is 10.3. The summed E-state index contributed by atoms with van der Waals surface area (Å²) in [4.78, 5) is 24.8. The van der Waals surface area contributed by atoms with Crippen molar-refractivity contribution in [2.75, 3.05) is 6.61 Å². The maximum atomic E-state index is 11.5. The molecule has 0 unspecified atom stereocenters. The van der Waals surface area contributed by atoms with Gasteiger partial charge in [-0.25, -0.2) is 9.36 Å². The molecule has 7 heteroatoms. The van der Waals surface area contributed by atoms with Crippen molar-refractivity contribution in [3.63, 3.8) is 0 Å². The summed E-state index contributed by atoms with van der Waals surface area (Å²) in [6, 6.07) is 0. The molecular weight excluding hydrogens is 228 g/mol. The number of aromatic nitrogens is 2. The van der Waals surface area contributed by atoms with Gasteiger partial charge in [0.1, 0.15) is 6.10 Å². The minimum absolute atomic E-state index is 0.0478. The average Bonchev–Trinajstić information content (AvgIpc) is 2.65. The molecule has 3 N–H and O–H groups in total. The molecule has 0 aromatic carbocycles. The number of H-pyrrole nitrogens is 1. The Morgan fingerprint density at radius 3 is 2.88 bits per heavy atom. The third-order valence-corrected chi connectivity index (χ3v) is 2.49. The van der Waals surface area contributed by atoms with Gasteiger partial charge in [-0.1, -0.05) is 0 Å². The van der Waals surface area contributed by atoms with E-state index in [9.17, 15) is 14.7 Å². The Morgan fingerprint density at radius 2 is 2.29 bits per heavy atom. The zero-order valence-electron chi connectivity index (χ0n) is 9.14. The van der Waals surface area contributed by atoms with Gasteiger partial charge >= 0.3 is 5.69 Å². The first-order chi connectivity index (χ1) is 8.02. The van der Waals surface area contributed by atoms with E-state index in [0.29, 0.717) is 5.56 Å². The van der Waals surface area contributed by atoms with Gasteiger partial charge in [0.15, 0.2) is 5.76 Å². The Kier molecular flexibility index (Phi) is 2.76. The van der Waals surface area contributed by atoms with Crippen LogP contribution in [-0.2, 0) is 4.74 Å². The predicted molar refractivity (Wildman–Crippen MR) is 58.5 cm³/mol. The smallest absolute Gasteiger partial charge is 0.335 e. The van der Waals surface area contributed by atoms with Gasteiger partial charge in [0.25, 0.3) is 5.56 Å². The monoisotopic (exact) mass is 240 g/mol. The molecule has 1 aromatic heterocycles. The van der Waals surface area contributed by atoms with Crippen molar-refractivity contribution in [3.05, 3.63) is 38.4 Å². The average molecular weight is 240 g/mol. The third-order valence-electron chi connectivity index (χ3n) is 2.49. The molecular formula is C10H12N2O5. The van der Waals surface area contributed by atoms with Gasteiger partial charge in [0, 0.05) is 18.2 Å². The van der Waals surface area contributed by atoms with Crippen molar-refractivity contribution in [3.8, 4) is 0 Å².